The molecule has 0 spiro atoms. The Balaban J connectivity index is 3.43. The number of alkyl halides is 2. The van der Waals surface area contributed by atoms with Gasteiger partial charge in [0.05, 0.1) is 20.8 Å². The maximum Gasteiger partial charge on any atom is 0.339 e. The summed E-state index contributed by atoms with van der Waals surface area (Å²) in [6.45, 7) is 2.33. The van der Waals surface area contributed by atoms with E-state index in [-0.39, 0.29) is 23.7 Å². The van der Waals surface area contributed by atoms with Gasteiger partial charge in [-0.15, -0.1) is 0 Å². The molecule has 1 aromatic rings. The summed E-state index contributed by atoms with van der Waals surface area (Å²) in [4.78, 5) is 11.6. The van der Waals surface area contributed by atoms with Crippen LogP contribution in [0.15, 0.2) is 12.1 Å². The van der Waals surface area contributed by atoms with Crippen molar-refractivity contribution in [1.29, 1.82) is 0 Å². The molecule has 1 aromatic carbocycles. The first kappa shape index (κ1) is 17.2. The Morgan fingerprint density at radius 1 is 1.33 bits per heavy atom. The van der Waals surface area contributed by atoms with Crippen molar-refractivity contribution in [3.8, 4) is 11.5 Å². The number of hydrogen-bond donors (Lipinski definition) is 1. The SMILES string of the molecule is CCOC(=O)C(O)c1cc(C(C)(F)F)cc(OC)c1OC. The minimum Gasteiger partial charge on any atom is -0.493 e. The van der Waals surface area contributed by atoms with Crippen LogP contribution in [-0.4, -0.2) is 31.9 Å². The Morgan fingerprint density at radius 3 is 2.38 bits per heavy atom. The van der Waals surface area contributed by atoms with Gasteiger partial charge in [-0.05, 0) is 19.1 Å². The molecular weight excluding hydrogens is 286 g/mol. The van der Waals surface area contributed by atoms with Gasteiger partial charge in [-0.2, -0.15) is 0 Å². The van der Waals surface area contributed by atoms with Crippen LogP contribution < -0.4 is 9.47 Å². The highest BCUT2D eigenvalue weighted by atomic mass is 19.3. The largest absolute Gasteiger partial charge is 0.493 e. The number of halogens is 2. The van der Waals surface area contributed by atoms with Crippen LogP contribution in [0.3, 0.4) is 0 Å². The van der Waals surface area contributed by atoms with Crippen molar-refractivity contribution in [2.75, 3.05) is 20.8 Å². The summed E-state index contributed by atoms with van der Waals surface area (Å²) in [5, 5.41) is 9.99. The number of aliphatic hydroxyl groups excluding tert-OH is 1. The monoisotopic (exact) mass is 304 g/mol. The Bertz CT molecular complexity index is 511. The molecule has 0 bridgehead atoms. The lowest BCUT2D eigenvalue weighted by molar-refractivity contribution is -0.153. The number of ether oxygens (including phenoxy) is 3. The third-order valence-corrected chi connectivity index (χ3v) is 2.82. The molecule has 1 N–H and O–H groups in total. The number of esters is 1. The highest BCUT2D eigenvalue weighted by Crippen LogP contribution is 2.40. The third kappa shape index (κ3) is 3.81. The summed E-state index contributed by atoms with van der Waals surface area (Å²) in [6, 6.07) is 2.10. The number of benzene rings is 1. The van der Waals surface area contributed by atoms with Crippen LogP contribution in [0, 0.1) is 0 Å². The molecule has 0 heterocycles. The van der Waals surface area contributed by atoms with Gasteiger partial charge in [0.15, 0.2) is 17.6 Å². The molecule has 118 valence electrons. The highest BCUT2D eigenvalue weighted by Gasteiger charge is 2.31. The standard InChI is InChI=1S/C14H18F2O5/c1-5-21-13(18)11(17)9-6-8(14(2,15)16)7-10(19-3)12(9)20-4/h6-7,11,17H,5H2,1-4H3. The number of rotatable bonds is 6. The maximum atomic E-state index is 13.5. The molecule has 5 nitrogen and oxygen atoms in total. The van der Waals surface area contributed by atoms with Gasteiger partial charge in [-0.1, -0.05) is 0 Å². The molecule has 0 fully saturated rings. The second-order valence-corrected chi connectivity index (χ2v) is 4.34. The fourth-order valence-electron chi connectivity index (χ4n) is 1.80. The molecule has 1 atom stereocenters. The summed E-state index contributed by atoms with van der Waals surface area (Å²) in [7, 11) is 2.55. The summed E-state index contributed by atoms with van der Waals surface area (Å²) in [5.41, 5.74) is -0.537. The summed E-state index contributed by atoms with van der Waals surface area (Å²) in [6.07, 6.45) is -1.74. The first-order valence-corrected chi connectivity index (χ1v) is 6.25. The van der Waals surface area contributed by atoms with E-state index in [2.05, 4.69) is 4.74 Å². The maximum absolute atomic E-state index is 13.5. The van der Waals surface area contributed by atoms with Crippen LogP contribution in [0.5, 0.6) is 11.5 Å². The van der Waals surface area contributed by atoms with Gasteiger partial charge in [-0.25, -0.2) is 13.6 Å². The molecule has 0 aliphatic carbocycles. The number of hydrogen-bond acceptors (Lipinski definition) is 5. The zero-order valence-electron chi connectivity index (χ0n) is 12.3. The number of carbonyl (C=O) groups is 1. The molecule has 0 saturated heterocycles. The fraction of sp³-hybridized carbons (Fsp3) is 0.500. The zero-order chi connectivity index (χ0) is 16.2. The minimum atomic E-state index is -3.16. The predicted octanol–water partition coefficient (Wildman–Crippen LogP) is 2.41. The lowest BCUT2D eigenvalue weighted by Crippen LogP contribution is -2.18. The highest BCUT2D eigenvalue weighted by molar-refractivity contribution is 5.78. The van der Waals surface area contributed by atoms with Crippen molar-refractivity contribution in [1.82, 2.24) is 0 Å². The van der Waals surface area contributed by atoms with Gasteiger partial charge in [0.25, 0.3) is 5.92 Å². The lowest BCUT2D eigenvalue weighted by atomic mass is 10.0. The van der Waals surface area contributed by atoms with E-state index in [0.29, 0.717) is 6.92 Å². The van der Waals surface area contributed by atoms with Crippen LogP contribution in [-0.2, 0) is 15.5 Å². The van der Waals surface area contributed by atoms with E-state index in [1.165, 1.54) is 14.2 Å². The van der Waals surface area contributed by atoms with Crippen molar-refractivity contribution in [2.45, 2.75) is 25.9 Å². The van der Waals surface area contributed by atoms with Crippen molar-refractivity contribution in [3.63, 3.8) is 0 Å². The number of aliphatic hydroxyl groups is 1. The Labute approximate surface area is 121 Å². The van der Waals surface area contributed by atoms with Crippen molar-refractivity contribution in [3.05, 3.63) is 23.3 Å². The van der Waals surface area contributed by atoms with Gasteiger partial charge in [-0.3, -0.25) is 0 Å². The van der Waals surface area contributed by atoms with E-state index in [1.807, 2.05) is 0 Å². The molecule has 7 heteroatoms. The molecule has 1 rings (SSSR count). The lowest BCUT2D eigenvalue weighted by Gasteiger charge is -2.20. The smallest absolute Gasteiger partial charge is 0.339 e. The van der Waals surface area contributed by atoms with Gasteiger partial charge >= 0.3 is 5.97 Å². The third-order valence-electron chi connectivity index (χ3n) is 2.82. The molecule has 21 heavy (non-hydrogen) atoms. The summed E-state index contributed by atoms with van der Waals surface area (Å²) >= 11 is 0. The Morgan fingerprint density at radius 2 is 1.95 bits per heavy atom. The molecule has 0 aliphatic heterocycles. The first-order chi connectivity index (χ1) is 9.76. The van der Waals surface area contributed by atoms with Crippen molar-refractivity contribution in [2.24, 2.45) is 0 Å². The molecule has 0 amide bonds. The fourth-order valence-corrected chi connectivity index (χ4v) is 1.80. The van der Waals surface area contributed by atoms with Gasteiger partial charge in [0.2, 0.25) is 0 Å². The van der Waals surface area contributed by atoms with Crippen molar-refractivity contribution >= 4 is 5.97 Å². The van der Waals surface area contributed by atoms with Crippen LogP contribution in [0.25, 0.3) is 0 Å². The zero-order valence-corrected chi connectivity index (χ0v) is 12.3. The minimum absolute atomic E-state index is 0.00475. The quantitative estimate of drug-likeness (QED) is 0.818. The van der Waals surface area contributed by atoms with Crippen LogP contribution in [0.2, 0.25) is 0 Å². The molecule has 0 saturated carbocycles. The average molecular weight is 304 g/mol. The van der Waals surface area contributed by atoms with E-state index < -0.39 is 23.6 Å². The number of carbonyl (C=O) groups excluding carboxylic acids is 1. The van der Waals surface area contributed by atoms with Crippen molar-refractivity contribution < 1.29 is 32.9 Å². The number of methoxy groups -OCH3 is 2. The normalized spacial score (nSPS) is 12.7. The molecule has 0 aliphatic rings. The summed E-state index contributed by atoms with van der Waals surface area (Å²) in [5.74, 6) is -4.11. The molecular formula is C14H18F2O5. The van der Waals surface area contributed by atoms with Crippen LogP contribution in [0.4, 0.5) is 8.78 Å². The van der Waals surface area contributed by atoms with E-state index >= 15 is 0 Å². The van der Waals surface area contributed by atoms with Gasteiger partial charge < -0.3 is 19.3 Å². The first-order valence-electron chi connectivity index (χ1n) is 6.25. The van der Waals surface area contributed by atoms with Crippen LogP contribution in [0.1, 0.15) is 31.1 Å². The van der Waals surface area contributed by atoms with E-state index in [1.54, 1.807) is 6.92 Å². The van der Waals surface area contributed by atoms with E-state index in [4.69, 9.17) is 9.47 Å². The molecule has 0 aromatic heterocycles. The van der Waals surface area contributed by atoms with E-state index in [9.17, 15) is 18.7 Å². The predicted molar refractivity (Wildman–Crippen MR) is 70.7 cm³/mol. The second kappa shape index (κ2) is 6.71. The van der Waals surface area contributed by atoms with E-state index in [0.717, 1.165) is 12.1 Å². The second-order valence-electron chi connectivity index (χ2n) is 4.34. The van der Waals surface area contributed by atoms with Crippen LogP contribution >= 0.6 is 0 Å². The Kier molecular flexibility index (Phi) is 5.48. The Hall–Kier alpha value is -1.89. The summed E-state index contributed by atoms with van der Waals surface area (Å²) < 4.78 is 41.7. The van der Waals surface area contributed by atoms with Gasteiger partial charge in [0, 0.05) is 18.1 Å². The molecule has 0 radical (unpaired) electrons. The molecule has 1 unspecified atom stereocenters. The topological polar surface area (TPSA) is 65.0 Å². The average Bonchev–Trinajstić information content (AvgIpc) is 2.44. The van der Waals surface area contributed by atoms with Gasteiger partial charge in [0.1, 0.15) is 0 Å².